The largest absolute Gasteiger partial charge is 0.507 e. The SMILES string of the molecule is COc1cc(C2/C(=C(\O)c3ccc(OC(C)C)cc3)C(=O)C(=O)N2c2cccc(F)c2)cc(OC)c1OC. The summed E-state index contributed by atoms with van der Waals surface area (Å²) < 4.78 is 36.2. The molecule has 1 saturated heterocycles. The molecular formula is C29H28FNO7. The third kappa shape index (κ3) is 4.87. The third-order valence-corrected chi connectivity index (χ3v) is 6.03. The number of aliphatic hydroxyl groups excluding tert-OH is 1. The number of aliphatic hydroxyl groups is 1. The second kappa shape index (κ2) is 10.8. The van der Waals surface area contributed by atoms with E-state index in [2.05, 4.69) is 0 Å². The molecule has 0 spiro atoms. The van der Waals surface area contributed by atoms with Gasteiger partial charge < -0.3 is 24.1 Å². The van der Waals surface area contributed by atoms with E-state index in [1.807, 2.05) is 13.8 Å². The van der Waals surface area contributed by atoms with E-state index in [0.717, 1.165) is 11.0 Å². The van der Waals surface area contributed by atoms with Crippen LogP contribution in [0.4, 0.5) is 10.1 Å². The Morgan fingerprint density at radius 2 is 1.55 bits per heavy atom. The number of ketones is 1. The van der Waals surface area contributed by atoms with Gasteiger partial charge in [-0.15, -0.1) is 0 Å². The number of rotatable bonds is 8. The van der Waals surface area contributed by atoms with Crippen LogP contribution < -0.4 is 23.8 Å². The standard InChI is InChI=1S/C29H28FNO7/c1-16(2)38-21-11-9-17(10-12-21)26(32)24-25(18-13-22(35-3)28(37-5)23(14-18)36-4)31(29(34)27(24)33)20-8-6-7-19(30)15-20/h6-16,25,32H,1-5H3/b26-24+. The summed E-state index contributed by atoms with van der Waals surface area (Å²) in [5.74, 6) is -1.38. The van der Waals surface area contributed by atoms with Crippen LogP contribution in [0.3, 0.4) is 0 Å². The lowest BCUT2D eigenvalue weighted by atomic mass is 9.94. The van der Waals surface area contributed by atoms with Crippen LogP contribution in [-0.2, 0) is 9.59 Å². The van der Waals surface area contributed by atoms with Crippen LogP contribution in [0.15, 0.2) is 66.2 Å². The molecule has 198 valence electrons. The lowest BCUT2D eigenvalue weighted by Crippen LogP contribution is -2.29. The number of benzene rings is 3. The Hall–Kier alpha value is -4.53. The summed E-state index contributed by atoms with van der Waals surface area (Å²) in [7, 11) is 4.32. The molecule has 1 amide bonds. The van der Waals surface area contributed by atoms with E-state index in [-0.39, 0.29) is 28.9 Å². The first kappa shape index (κ1) is 26.5. The number of anilines is 1. The molecule has 1 N–H and O–H groups in total. The van der Waals surface area contributed by atoms with Crippen LogP contribution in [-0.4, -0.2) is 44.2 Å². The first-order valence-corrected chi connectivity index (χ1v) is 11.8. The van der Waals surface area contributed by atoms with Crippen LogP contribution in [0, 0.1) is 5.82 Å². The van der Waals surface area contributed by atoms with Crippen LogP contribution >= 0.6 is 0 Å². The van der Waals surface area contributed by atoms with Crippen LogP contribution in [0.5, 0.6) is 23.0 Å². The second-order valence-electron chi connectivity index (χ2n) is 8.80. The highest BCUT2D eigenvalue weighted by atomic mass is 19.1. The summed E-state index contributed by atoms with van der Waals surface area (Å²) >= 11 is 0. The van der Waals surface area contributed by atoms with Crippen molar-refractivity contribution in [3.8, 4) is 23.0 Å². The maximum absolute atomic E-state index is 14.2. The van der Waals surface area contributed by atoms with E-state index < -0.39 is 29.3 Å². The van der Waals surface area contributed by atoms with Gasteiger partial charge >= 0.3 is 0 Å². The molecule has 0 aliphatic carbocycles. The molecule has 0 bridgehead atoms. The molecule has 1 aliphatic rings. The molecule has 3 aromatic rings. The molecule has 4 rings (SSSR count). The zero-order valence-electron chi connectivity index (χ0n) is 21.7. The zero-order chi connectivity index (χ0) is 27.6. The fourth-order valence-corrected chi connectivity index (χ4v) is 4.42. The van der Waals surface area contributed by atoms with Gasteiger partial charge in [-0.05, 0) is 74.0 Å². The number of nitrogens with zero attached hydrogens (tertiary/aromatic N) is 1. The second-order valence-corrected chi connectivity index (χ2v) is 8.80. The maximum Gasteiger partial charge on any atom is 0.300 e. The Morgan fingerprint density at radius 3 is 2.08 bits per heavy atom. The smallest absolute Gasteiger partial charge is 0.300 e. The summed E-state index contributed by atoms with van der Waals surface area (Å²) in [5.41, 5.74) is 0.650. The maximum atomic E-state index is 14.2. The number of carbonyl (C=O) groups excluding carboxylic acids is 2. The molecular weight excluding hydrogens is 493 g/mol. The van der Waals surface area contributed by atoms with Gasteiger partial charge in [-0.1, -0.05) is 6.07 Å². The van der Waals surface area contributed by atoms with Gasteiger partial charge in [-0.25, -0.2) is 4.39 Å². The number of methoxy groups -OCH3 is 3. The molecule has 3 aromatic carbocycles. The topological polar surface area (TPSA) is 94.5 Å². The Balaban J connectivity index is 1.96. The monoisotopic (exact) mass is 521 g/mol. The van der Waals surface area contributed by atoms with Crippen LogP contribution in [0.1, 0.15) is 31.0 Å². The quantitative estimate of drug-likeness (QED) is 0.245. The van der Waals surface area contributed by atoms with Crippen molar-refractivity contribution in [2.45, 2.75) is 26.0 Å². The van der Waals surface area contributed by atoms with Crippen molar-refractivity contribution in [1.29, 1.82) is 0 Å². The lowest BCUT2D eigenvalue weighted by molar-refractivity contribution is -0.132. The van der Waals surface area contributed by atoms with Crippen LogP contribution in [0.25, 0.3) is 5.76 Å². The normalized spacial score (nSPS) is 16.6. The van der Waals surface area contributed by atoms with Crippen molar-refractivity contribution < 1.29 is 38.0 Å². The molecule has 9 heteroatoms. The highest BCUT2D eigenvalue weighted by Gasteiger charge is 2.47. The van der Waals surface area contributed by atoms with E-state index in [0.29, 0.717) is 22.6 Å². The molecule has 8 nitrogen and oxygen atoms in total. The molecule has 0 aromatic heterocycles. The molecule has 1 unspecified atom stereocenters. The van der Waals surface area contributed by atoms with Gasteiger partial charge in [0.25, 0.3) is 11.7 Å². The number of halogens is 1. The Labute approximate surface area is 219 Å². The number of amides is 1. The summed E-state index contributed by atoms with van der Waals surface area (Å²) in [6, 6.07) is 13.9. The summed E-state index contributed by atoms with van der Waals surface area (Å²) in [4.78, 5) is 27.9. The highest BCUT2D eigenvalue weighted by Crippen LogP contribution is 2.47. The average Bonchev–Trinajstić information content (AvgIpc) is 3.17. The average molecular weight is 522 g/mol. The minimum Gasteiger partial charge on any atom is -0.507 e. The number of ether oxygens (including phenoxy) is 4. The number of carbonyl (C=O) groups is 2. The van der Waals surface area contributed by atoms with Crippen molar-refractivity contribution in [2.75, 3.05) is 26.2 Å². The predicted octanol–water partition coefficient (Wildman–Crippen LogP) is 5.27. The van der Waals surface area contributed by atoms with E-state index in [1.54, 1.807) is 36.4 Å². The molecule has 0 saturated carbocycles. The van der Waals surface area contributed by atoms with Gasteiger partial charge in [0.1, 0.15) is 17.3 Å². The summed E-state index contributed by atoms with van der Waals surface area (Å²) in [6.07, 6.45) is -0.0499. The van der Waals surface area contributed by atoms with Crippen molar-refractivity contribution in [3.05, 3.63) is 83.2 Å². The predicted molar refractivity (Wildman–Crippen MR) is 139 cm³/mol. The third-order valence-electron chi connectivity index (χ3n) is 6.03. The Morgan fingerprint density at radius 1 is 0.921 bits per heavy atom. The van der Waals surface area contributed by atoms with E-state index in [1.165, 1.54) is 39.5 Å². The first-order chi connectivity index (χ1) is 18.2. The molecule has 0 radical (unpaired) electrons. The molecule has 1 fully saturated rings. The van der Waals surface area contributed by atoms with Crippen molar-refractivity contribution in [1.82, 2.24) is 0 Å². The van der Waals surface area contributed by atoms with E-state index >= 15 is 0 Å². The molecule has 1 aliphatic heterocycles. The van der Waals surface area contributed by atoms with Gasteiger partial charge in [0.2, 0.25) is 5.75 Å². The van der Waals surface area contributed by atoms with Gasteiger partial charge in [0.15, 0.2) is 11.5 Å². The highest BCUT2D eigenvalue weighted by molar-refractivity contribution is 6.51. The first-order valence-electron chi connectivity index (χ1n) is 11.8. The van der Waals surface area contributed by atoms with Gasteiger partial charge in [0, 0.05) is 11.3 Å². The minimum absolute atomic E-state index is 0.0499. The minimum atomic E-state index is -1.13. The van der Waals surface area contributed by atoms with Gasteiger partial charge in [-0.2, -0.15) is 0 Å². The van der Waals surface area contributed by atoms with Crippen molar-refractivity contribution in [2.24, 2.45) is 0 Å². The number of Topliss-reactive ketones (excluding diaryl/α,β-unsaturated/α-hetero) is 1. The molecule has 1 heterocycles. The Bertz CT molecular complexity index is 1370. The van der Waals surface area contributed by atoms with Gasteiger partial charge in [-0.3, -0.25) is 14.5 Å². The van der Waals surface area contributed by atoms with E-state index in [4.69, 9.17) is 18.9 Å². The number of hydrogen-bond donors (Lipinski definition) is 1. The Kier molecular flexibility index (Phi) is 7.57. The summed E-state index contributed by atoms with van der Waals surface area (Å²) in [6.45, 7) is 3.78. The lowest BCUT2D eigenvalue weighted by Gasteiger charge is -2.26. The van der Waals surface area contributed by atoms with Crippen molar-refractivity contribution in [3.63, 3.8) is 0 Å². The summed E-state index contributed by atoms with van der Waals surface area (Å²) in [5, 5.41) is 11.4. The number of hydrogen-bond acceptors (Lipinski definition) is 7. The van der Waals surface area contributed by atoms with E-state index in [9.17, 15) is 19.1 Å². The fourth-order valence-electron chi connectivity index (χ4n) is 4.42. The van der Waals surface area contributed by atoms with Crippen molar-refractivity contribution >= 4 is 23.1 Å². The zero-order valence-corrected chi connectivity index (χ0v) is 21.7. The van der Waals surface area contributed by atoms with Crippen LogP contribution in [0.2, 0.25) is 0 Å². The fraction of sp³-hybridized carbons (Fsp3) is 0.241. The molecule has 38 heavy (non-hydrogen) atoms. The molecule has 1 atom stereocenters. The van der Waals surface area contributed by atoms with Gasteiger partial charge in [0.05, 0.1) is 39.0 Å².